The SMILES string of the molecule is CCCC1CCCC(CN)(N(C)CC(C)C)CC1. The molecule has 1 rings (SSSR count). The van der Waals surface area contributed by atoms with Gasteiger partial charge in [0.15, 0.2) is 0 Å². The Bertz CT molecular complexity index is 227. The van der Waals surface area contributed by atoms with E-state index in [2.05, 4.69) is 32.7 Å². The topological polar surface area (TPSA) is 29.3 Å². The van der Waals surface area contributed by atoms with E-state index >= 15 is 0 Å². The maximum Gasteiger partial charge on any atom is 0.0328 e. The Morgan fingerprint density at radius 1 is 1.28 bits per heavy atom. The predicted octanol–water partition coefficient (Wildman–Crippen LogP) is 3.65. The van der Waals surface area contributed by atoms with Gasteiger partial charge in [0, 0.05) is 18.6 Å². The first-order valence-corrected chi connectivity index (χ1v) is 7.95. The molecule has 2 heteroatoms. The highest BCUT2D eigenvalue weighted by Gasteiger charge is 2.35. The predicted molar refractivity (Wildman–Crippen MR) is 80.7 cm³/mol. The molecule has 108 valence electrons. The molecule has 0 radical (unpaired) electrons. The summed E-state index contributed by atoms with van der Waals surface area (Å²) in [5.74, 6) is 1.68. The Morgan fingerprint density at radius 3 is 2.56 bits per heavy atom. The zero-order valence-corrected chi connectivity index (χ0v) is 13.0. The van der Waals surface area contributed by atoms with Crippen molar-refractivity contribution in [2.45, 2.75) is 71.3 Å². The summed E-state index contributed by atoms with van der Waals surface area (Å²) in [4.78, 5) is 2.56. The minimum absolute atomic E-state index is 0.284. The molecule has 0 bridgehead atoms. The van der Waals surface area contributed by atoms with E-state index in [9.17, 15) is 0 Å². The second kappa shape index (κ2) is 7.49. The first-order valence-electron chi connectivity index (χ1n) is 7.95. The monoisotopic (exact) mass is 254 g/mol. The lowest BCUT2D eigenvalue weighted by atomic mass is 9.87. The Balaban J connectivity index is 2.63. The lowest BCUT2D eigenvalue weighted by Gasteiger charge is -2.42. The maximum atomic E-state index is 6.16. The normalized spacial score (nSPS) is 29.8. The molecule has 0 aromatic carbocycles. The summed E-state index contributed by atoms with van der Waals surface area (Å²) >= 11 is 0. The Hall–Kier alpha value is -0.0800. The molecular formula is C16H34N2. The van der Waals surface area contributed by atoms with Gasteiger partial charge in [-0.3, -0.25) is 4.90 Å². The highest BCUT2D eigenvalue weighted by molar-refractivity contribution is 4.93. The van der Waals surface area contributed by atoms with E-state index in [1.807, 2.05) is 0 Å². The average Bonchev–Trinajstić information content (AvgIpc) is 2.52. The molecule has 1 aliphatic carbocycles. The number of rotatable bonds is 6. The summed E-state index contributed by atoms with van der Waals surface area (Å²) in [5.41, 5.74) is 6.45. The molecule has 0 aromatic rings. The van der Waals surface area contributed by atoms with Crippen molar-refractivity contribution >= 4 is 0 Å². The van der Waals surface area contributed by atoms with Crippen LogP contribution in [0.1, 0.15) is 65.7 Å². The minimum atomic E-state index is 0.284. The quantitative estimate of drug-likeness (QED) is 0.733. The van der Waals surface area contributed by atoms with Gasteiger partial charge in [0.05, 0.1) is 0 Å². The molecule has 2 nitrogen and oxygen atoms in total. The Kier molecular flexibility index (Phi) is 6.65. The average molecular weight is 254 g/mol. The van der Waals surface area contributed by atoms with E-state index in [1.54, 1.807) is 0 Å². The fourth-order valence-corrected chi connectivity index (χ4v) is 3.64. The second-order valence-corrected chi connectivity index (χ2v) is 6.79. The molecule has 0 spiro atoms. The zero-order valence-electron chi connectivity index (χ0n) is 13.0. The molecule has 0 aromatic heterocycles. The van der Waals surface area contributed by atoms with Gasteiger partial charge in [0.25, 0.3) is 0 Å². The van der Waals surface area contributed by atoms with Crippen molar-refractivity contribution in [1.29, 1.82) is 0 Å². The van der Waals surface area contributed by atoms with Crippen LogP contribution in [0.2, 0.25) is 0 Å². The zero-order chi connectivity index (χ0) is 13.6. The Labute approximate surface area is 114 Å². The van der Waals surface area contributed by atoms with Crippen molar-refractivity contribution in [1.82, 2.24) is 4.90 Å². The molecule has 0 aliphatic heterocycles. The van der Waals surface area contributed by atoms with Crippen LogP contribution in [0.3, 0.4) is 0 Å². The molecule has 0 amide bonds. The van der Waals surface area contributed by atoms with Crippen molar-refractivity contribution < 1.29 is 0 Å². The van der Waals surface area contributed by atoms with Gasteiger partial charge in [-0.2, -0.15) is 0 Å². The third kappa shape index (κ3) is 4.24. The van der Waals surface area contributed by atoms with E-state index in [0.717, 1.165) is 18.4 Å². The van der Waals surface area contributed by atoms with Crippen LogP contribution in [0.15, 0.2) is 0 Å². The fraction of sp³-hybridized carbons (Fsp3) is 1.00. The minimum Gasteiger partial charge on any atom is -0.329 e. The summed E-state index contributed by atoms with van der Waals surface area (Å²) in [6.45, 7) is 8.92. The fourth-order valence-electron chi connectivity index (χ4n) is 3.64. The van der Waals surface area contributed by atoms with Gasteiger partial charge in [-0.1, -0.05) is 46.5 Å². The van der Waals surface area contributed by atoms with E-state index in [-0.39, 0.29) is 5.54 Å². The summed E-state index contributed by atoms with van der Waals surface area (Å²) in [6, 6.07) is 0. The van der Waals surface area contributed by atoms with Gasteiger partial charge in [-0.25, -0.2) is 0 Å². The van der Waals surface area contributed by atoms with Gasteiger partial charge >= 0.3 is 0 Å². The van der Waals surface area contributed by atoms with Crippen LogP contribution in [0.25, 0.3) is 0 Å². The number of hydrogen-bond donors (Lipinski definition) is 1. The third-order valence-electron chi connectivity index (χ3n) is 4.80. The van der Waals surface area contributed by atoms with Crippen LogP contribution < -0.4 is 5.73 Å². The number of nitrogens with zero attached hydrogens (tertiary/aromatic N) is 1. The smallest absolute Gasteiger partial charge is 0.0328 e. The van der Waals surface area contributed by atoms with Crippen molar-refractivity contribution in [2.75, 3.05) is 20.1 Å². The van der Waals surface area contributed by atoms with Gasteiger partial charge in [-0.15, -0.1) is 0 Å². The van der Waals surface area contributed by atoms with Crippen molar-refractivity contribution in [2.24, 2.45) is 17.6 Å². The summed E-state index contributed by atoms with van der Waals surface area (Å²) in [5, 5.41) is 0. The first kappa shape index (κ1) is 16.0. The van der Waals surface area contributed by atoms with Gasteiger partial charge < -0.3 is 5.73 Å². The van der Waals surface area contributed by atoms with Crippen LogP contribution in [0.5, 0.6) is 0 Å². The van der Waals surface area contributed by atoms with E-state index in [1.165, 1.54) is 51.5 Å². The van der Waals surface area contributed by atoms with E-state index < -0.39 is 0 Å². The Morgan fingerprint density at radius 2 is 2.00 bits per heavy atom. The summed E-state index contributed by atoms with van der Waals surface area (Å²) in [7, 11) is 2.28. The molecule has 2 N–H and O–H groups in total. The maximum absolute atomic E-state index is 6.16. The molecule has 0 heterocycles. The molecule has 18 heavy (non-hydrogen) atoms. The van der Waals surface area contributed by atoms with Crippen molar-refractivity contribution in [3.05, 3.63) is 0 Å². The van der Waals surface area contributed by atoms with Crippen LogP contribution >= 0.6 is 0 Å². The largest absolute Gasteiger partial charge is 0.329 e. The molecule has 2 atom stereocenters. The highest BCUT2D eigenvalue weighted by Crippen LogP contribution is 2.35. The van der Waals surface area contributed by atoms with Crippen LogP contribution in [-0.2, 0) is 0 Å². The van der Waals surface area contributed by atoms with Gasteiger partial charge in [0.1, 0.15) is 0 Å². The number of likely N-dealkylation sites (N-methyl/N-ethyl adjacent to an activating group) is 1. The summed E-state index contributed by atoms with van der Waals surface area (Å²) < 4.78 is 0. The lowest BCUT2D eigenvalue weighted by molar-refractivity contribution is 0.0932. The summed E-state index contributed by atoms with van der Waals surface area (Å²) in [6.07, 6.45) is 9.52. The third-order valence-corrected chi connectivity index (χ3v) is 4.80. The standard InChI is InChI=1S/C16H34N2/c1-5-7-15-8-6-10-16(13-17,11-9-15)18(4)12-14(2)3/h14-15H,5-13,17H2,1-4H3. The molecule has 1 fully saturated rings. The van der Waals surface area contributed by atoms with E-state index in [0.29, 0.717) is 0 Å². The van der Waals surface area contributed by atoms with Crippen molar-refractivity contribution in [3.63, 3.8) is 0 Å². The molecule has 1 aliphatic rings. The van der Waals surface area contributed by atoms with Crippen molar-refractivity contribution in [3.8, 4) is 0 Å². The molecule has 0 saturated heterocycles. The highest BCUT2D eigenvalue weighted by atomic mass is 15.2. The second-order valence-electron chi connectivity index (χ2n) is 6.79. The first-order chi connectivity index (χ1) is 8.54. The molecular weight excluding hydrogens is 220 g/mol. The number of hydrogen-bond acceptors (Lipinski definition) is 2. The number of nitrogens with two attached hydrogens (primary N) is 1. The van der Waals surface area contributed by atoms with Crippen LogP contribution in [0, 0.1) is 11.8 Å². The van der Waals surface area contributed by atoms with Gasteiger partial charge in [0.2, 0.25) is 0 Å². The van der Waals surface area contributed by atoms with Gasteiger partial charge in [-0.05, 0) is 38.1 Å². The lowest BCUT2D eigenvalue weighted by Crippen LogP contribution is -2.52. The van der Waals surface area contributed by atoms with Crippen LogP contribution in [-0.4, -0.2) is 30.6 Å². The molecule has 2 unspecified atom stereocenters. The molecule has 1 saturated carbocycles. The van der Waals surface area contributed by atoms with E-state index in [4.69, 9.17) is 5.73 Å². The van der Waals surface area contributed by atoms with Crippen LogP contribution in [0.4, 0.5) is 0 Å².